The van der Waals surface area contributed by atoms with Gasteiger partial charge < -0.3 is 15.5 Å². The molecule has 3 rings (SSSR count). The third kappa shape index (κ3) is 4.30. The molecule has 2 aliphatic rings. The van der Waals surface area contributed by atoms with Gasteiger partial charge in [-0.1, -0.05) is 26.0 Å². The van der Waals surface area contributed by atoms with Crippen molar-refractivity contribution in [3.05, 3.63) is 24.3 Å². The number of amides is 2. The molecule has 0 aromatic heterocycles. The van der Waals surface area contributed by atoms with E-state index in [4.69, 9.17) is 5.73 Å². The lowest BCUT2D eigenvalue weighted by atomic mass is 9.79. The van der Waals surface area contributed by atoms with Gasteiger partial charge in [0.15, 0.2) is 0 Å². The highest BCUT2D eigenvalue weighted by Crippen LogP contribution is 2.35. The van der Waals surface area contributed by atoms with E-state index in [1.807, 2.05) is 29.2 Å². The van der Waals surface area contributed by atoms with E-state index in [1.165, 1.54) is 0 Å². The summed E-state index contributed by atoms with van der Waals surface area (Å²) in [5.41, 5.74) is 7.01. The number of fused-ring (bicyclic) bond motifs is 1. The van der Waals surface area contributed by atoms with Crippen LogP contribution in [0.5, 0.6) is 0 Å². The summed E-state index contributed by atoms with van der Waals surface area (Å²) >= 11 is 1.56. The van der Waals surface area contributed by atoms with Crippen LogP contribution in [-0.4, -0.2) is 48.1 Å². The van der Waals surface area contributed by atoms with E-state index in [1.54, 1.807) is 16.7 Å². The van der Waals surface area contributed by atoms with Crippen LogP contribution >= 0.6 is 24.2 Å². The Morgan fingerprint density at radius 3 is 2.80 bits per heavy atom. The number of rotatable bonds is 3. The zero-order valence-electron chi connectivity index (χ0n) is 14.7. The maximum absolute atomic E-state index is 12.6. The molecule has 7 heteroatoms. The molecule has 1 unspecified atom stereocenters. The monoisotopic (exact) mass is 383 g/mol. The van der Waals surface area contributed by atoms with Gasteiger partial charge in [0.05, 0.1) is 11.4 Å². The van der Waals surface area contributed by atoms with Gasteiger partial charge in [-0.15, -0.1) is 24.2 Å². The van der Waals surface area contributed by atoms with Gasteiger partial charge in [-0.25, -0.2) is 0 Å². The highest BCUT2D eigenvalue weighted by Gasteiger charge is 2.35. The lowest BCUT2D eigenvalue weighted by Gasteiger charge is -2.42. The summed E-state index contributed by atoms with van der Waals surface area (Å²) in [6.45, 7) is 6.06. The quantitative estimate of drug-likeness (QED) is 0.870. The first-order valence-electron chi connectivity index (χ1n) is 8.44. The first kappa shape index (κ1) is 20.1. The molecule has 1 atom stereocenters. The Kier molecular flexibility index (Phi) is 6.40. The number of nitrogens with two attached hydrogens (primary N) is 1. The molecular weight excluding hydrogens is 358 g/mol. The van der Waals surface area contributed by atoms with Gasteiger partial charge in [0.1, 0.15) is 0 Å². The van der Waals surface area contributed by atoms with E-state index < -0.39 is 0 Å². The maximum Gasteiger partial charge on any atom is 0.237 e. The first-order chi connectivity index (χ1) is 11.4. The van der Waals surface area contributed by atoms with E-state index in [2.05, 4.69) is 13.8 Å². The van der Waals surface area contributed by atoms with Gasteiger partial charge >= 0.3 is 0 Å². The summed E-state index contributed by atoms with van der Waals surface area (Å²) in [5.74, 6) is 0.627. The largest absolute Gasteiger partial charge is 0.342 e. The topological polar surface area (TPSA) is 66.6 Å². The van der Waals surface area contributed by atoms with Crippen molar-refractivity contribution in [2.75, 3.05) is 30.3 Å². The molecule has 25 heavy (non-hydrogen) atoms. The van der Waals surface area contributed by atoms with Crippen LogP contribution in [0.2, 0.25) is 0 Å². The van der Waals surface area contributed by atoms with Gasteiger partial charge in [-0.3, -0.25) is 9.59 Å². The fourth-order valence-corrected chi connectivity index (χ4v) is 4.29. The number of carbonyl (C=O) groups is 2. The molecule has 0 saturated carbocycles. The fraction of sp³-hybridized carbons (Fsp3) is 0.556. The molecule has 1 saturated heterocycles. The number of anilines is 1. The molecule has 2 N–H and O–H groups in total. The normalized spacial score (nSPS) is 22.2. The standard InChI is InChI=1S/C18H25N3O2S.ClH/c1-18(2)12-20(9-7-15(18)19)16(22)8-10-21-13-5-3-4-6-14(13)24-11-17(21)23;/h3-6,15H,7-12,19H2,1-2H3;1H. The van der Waals surface area contributed by atoms with Crippen molar-refractivity contribution in [3.63, 3.8) is 0 Å². The van der Waals surface area contributed by atoms with Crippen molar-refractivity contribution in [1.29, 1.82) is 0 Å². The second kappa shape index (κ2) is 7.98. The smallest absolute Gasteiger partial charge is 0.237 e. The molecule has 1 fully saturated rings. The molecule has 0 bridgehead atoms. The van der Waals surface area contributed by atoms with Crippen LogP contribution in [-0.2, 0) is 9.59 Å². The summed E-state index contributed by atoms with van der Waals surface area (Å²) in [7, 11) is 0. The minimum absolute atomic E-state index is 0. The summed E-state index contributed by atoms with van der Waals surface area (Å²) < 4.78 is 0. The van der Waals surface area contributed by atoms with Crippen LogP contribution in [0.3, 0.4) is 0 Å². The van der Waals surface area contributed by atoms with Crippen molar-refractivity contribution in [2.24, 2.45) is 11.1 Å². The molecule has 1 aromatic rings. The van der Waals surface area contributed by atoms with Crippen LogP contribution in [0.15, 0.2) is 29.2 Å². The van der Waals surface area contributed by atoms with E-state index >= 15 is 0 Å². The number of benzene rings is 1. The van der Waals surface area contributed by atoms with Gasteiger partial charge in [-0.05, 0) is 24.0 Å². The summed E-state index contributed by atoms with van der Waals surface area (Å²) in [4.78, 5) is 29.6. The SMILES string of the molecule is CC1(C)CN(C(=O)CCN2C(=O)CSc3ccccc32)CCC1N.Cl. The average Bonchev–Trinajstić information content (AvgIpc) is 2.56. The number of halogens is 1. The van der Waals surface area contributed by atoms with Crippen molar-refractivity contribution < 1.29 is 9.59 Å². The zero-order valence-corrected chi connectivity index (χ0v) is 16.4. The Bertz CT molecular complexity index is 653. The number of para-hydroxylation sites is 1. The van der Waals surface area contributed by atoms with Gasteiger partial charge in [0.2, 0.25) is 11.8 Å². The van der Waals surface area contributed by atoms with Crippen LogP contribution in [0, 0.1) is 5.41 Å². The van der Waals surface area contributed by atoms with Gasteiger partial charge in [0, 0.05) is 37.0 Å². The molecule has 0 radical (unpaired) electrons. The Morgan fingerprint density at radius 2 is 2.08 bits per heavy atom. The fourth-order valence-electron chi connectivity index (χ4n) is 3.35. The molecule has 1 aromatic carbocycles. The third-order valence-electron chi connectivity index (χ3n) is 5.02. The van der Waals surface area contributed by atoms with Crippen LogP contribution in [0.1, 0.15) is 26.7 Å². The molecule has 0 aliphatic carbocycles. The lowest BCUT2D eigenvalue weighted by Crippen LogP contribution is -2.54. The number of thioether (sulfide) groups is 1. The maximum atomic E-state index is 12.6. The number of likely N-dealkylation sites (tertiary alicyclic amines) is 1. The number of nitrogens with zero attached hydrogens (tertiary/aromatic N) is 2. The van der Waals surface area contributed by atoms with Crippen molar-refractivity contribution >= 4 is 41.7 Å². The lowest BCUT2D eigenvalue weighted by molar-refractivity contribution is -0.134. The van der Waals surface area contributed by atoms with E-state index in [0.717, 1.165) is 17.0 Å². The van der Waals surface area contributed by atoms with Crippen LogP contribution in [0.4, 0.5) is 5.69 Å². The van der Waals surface area contributed by atoms with Gasteiger partial charge in [-0.2, -0.15) is 0 Å². The highest BCUT2D eigenvalue weighted by molar-refractivity contribution is 8.00. The second-order valence-corrected chi connectivity index (χ2v) is 8.27. The minimum Gasteiger partial charge on any atom is -0.342 e. The summed E-state index contributed by atoms with van der Waals surface area (Å²) in [5, 5.41) is 0. The summed E-state index contributed by atoms with van der Waals surface area (Å²) in [6, 6.07) is 8.02. The van der Waals surface area contributed by atoms with Crippen molar-refractivity contribution in [3.8, 4) is 0 Å². The number of hydrogen-bond donors (Lipinski definition) is 1. The van der Waals surface area contributed by atoms with Crippen molar-refractivity contribution in [2.45, 2.75) is 37.6 Å². The van der Waals surface area contributed by atoms with E-state index in [-0.39, 0.29) is 35.7 Å². The molecule has 0 spiro atoms. The highest BCUT2D eigenvalue weighted by atomic mass is 35.5. The summed E-state index contributed by atoms with van der Waals surface area (Å²) in [6.07, 6.45) is 1.19. The number of carbonyl (C=O) groups excluding carboxylic acids is 2. The minimum atomic E-state index is -0.0574. The Hall–Kier alpha value is -1.24. The Morgan fingerprint density at radius 1 is 1.36 bits per heavy atom. The Balaban J connectivity index is 0.00000225. The molecular formula is C18H26ClN3O2S. The molecule has 2 heterocycles. The number of hydrogen-bond acceptors (Lipinski definition) is 4. The first-order valence-corrected chi connectivity index (χ1v) is 9.42. The second-order valence-electron chi connectivity index (χ2n) is 7.25. The third-order valence-corrected chi connectivity index (χ3v) is 6.07. The molecule has 2 aliphatic heterocycles. The molecule has 5 nitrogen and oxygen atoms in total. The van der Waals surface area contributed by atoms with E-state index in [0.29, 0.717) is 31.8 Å². The predicted octanol–water partition coefficient (Wildman–Crippen LogP) is 2.52. The van der Waals surface area contributed by atoms with Crippen LogP contribution < -0.4 is 10.6 Å². The molecule has 138 valence electrons. The average molecular weight is 384 g/mol. The van der Waals surface area contributed by atoms with Gasteiger partial charge in [0.25, 0.3) is 0 Å². The molecule has 2 amide bonds. The van der Waals surface area contributed by atoms with Crippen LogP contribution in [0.25, 0.3) is 0 Å². The van der Waals surface area contributed by atoms with E-state index in [9.17, 15) is 9.59 Å². The number of piperidine rings is 1. The van der Waals surface area contributed by atoms with Crippen molar-refractivity contribution in [1.82, 2.24) is 4.90 Å². The predicted molar refractivity (Wildman–Crippen MR) is 104 cm³/mol. The Labute approximate surface area is 159 Å². The zero-order chi connectivity index (χ0) is 17.3.